The highest BCUT2D eigenvalue weighted by atomic mass is 31.2. The average molecular weight is 862 g/mol. The molecular formula is C43H51F3NO12P. The normalized spacial score (nSPS) is 15.2. The molecule has 0 saturated heterocycles. The van der Waals surface area contributed by atoms with E-state index in [9.17, 15) is 36.9 Å². The highest BCUT2D eigenvalue weighted by Gasteiger charge is 2.54. The second kappa shape index (κ2) is 18.5. The summed E-state index contributed by atoms with van der Waals surface area (Å²) in [6, 6.07) is 13.6. The standard InChI is InChI=1S/C43H51F3NO12P/c1-40(2,3)38(50)56-27-14-18-31-34(24-27)58-35-25-28(57-39(51)41(4,5)6)15-19-32(35)42(31)33-26-29(16-17-30(33)36(48)59-42)60(52,54-22-12-9-8-11-21-53-7)55-23-13-10-20-47-37(49)43(44,45)46/h14-19,24-26H,8-13,20-23H2,1-7H3,(H,47,49). The van der Waals surface area contributed by atoms with Gasteiger partial charge in [0.15, 0.2) is 5.60 Å². The summed E-state index contributed by atoms with van der Waals surface area (Å²) in [5.41, 5.74) is -2.33. The van der Waals surface area contributed by atoms with Crippen molar-refractivity contribution in [2.45, 2.75) is 91.8 Å². The van der Waals surface area contributed by atoms with Crippen molar-refractivity contribution in [1.29, 1.82) is 0 Å². The summed E-state index contributed by atoms with van der Waals surface area (Å²) >= 11 is 0. The number of carbonyl (C=O) groups is 4. The monoisotopic (exact) mass is 861 g/mol. The zero-order chi connectivity index (χ0) is 44.1. The van der Waals surface area contributed by atoms with E-state index in [1.54, 1.807) is 66.1 Å². The summed E-state index contributed by atoms with van der Waals surface area (Å²) in [5.74, 6) is -3.21. The lowest BCUT2D eigenvalue weighted by Crippen LogP contribution is -2.37. The Hall–Kier alpha value is -4.76. The maximum Gasteiger partial charge on any atom is 0.471 e. The zero-order valence-electron chi connectivity index (χ0n) is 34.7. The molecule has 1 atom stereocenters. The van der Waals surface area contributed by atoms with Gasteiger partial charge in [-0.3, -0.25) is 18.9 Å². The third kappa shape index (κ3) is 10.6. The van der Waals surface area contributed by atoms with E-state index >= 15 is 0 Å². The highest BCUT2D eigenvalue weighted by Crippen LogP contribution is 2.58. The van der Waals surface area contributed by atoms with Gasteiger partial charge in [-0.05, 0) is 110 Å². The van der Waals surface area contributed by atoms with E-state index in [-0.39, 0.29) is 72.0 Å². The molecule has 2 aliphatic rings. The maximum atomic E-state index is 14.8. The van der Waals surface area contributed by atoms with Crippen molar-refractivity contribution in [1.82, 2.24) is 5.32 Å². The Labute approximate surface area is 347 Å². The number of amides is 1. The van der Waals surface area contributed by atoms with Crippen molar-refractivity contribution in [3.63, 3.8) is 0 Å². The first-order valence-corrected chi connectivity index (χ1v) is 21.2. The number of esters is 3. The van der Waals surface area contributed by atoms with Crippen LogP contribution in [0.5, 0.6) is 23.0 Å². The Kier molecular flexibility index (Phi) is 14.3. The van der Waals surface area contributed by atoms with Gasteiger partial charge in [0.05, 0.1) is 34.9 Å². The van der Waals surface area contributed by atoms with E-state index in [4.69, 9.17) is 32.7 Å². The van der Waals surface area contributed by atoms with Crippen molar-refractivity contribution in [3.05, 3.63) is 76.9 Å². The Balaban J connectivity index is 1.55. The lowest BCUT2D eigenvalue weighted by atomic mass is 9.77. The van der Waals surface area contributed by atoms with Crippen LogP contribution in [-0.2, 0) is 43.1 Å². The number of hydrogen-bond donors (Lipinski definition) is 1. The number of benzene rings is 3. The fraction of sp³-hybridized carbons (Fsp3) is 0.488. The van der Waals surface area contributed by atoms with Crippen LogP contribution in [0.1, 0.15) is 107 Å². The molecule has 0 aliphatic carbocycles. The first-order chi connectivity index (χ1) is 28.1. The molecule has 5 rings (SSSR count). The smallest absolute Gasteiger partial charge is 0.456 e. The lowest BCUT2D eigenvalue weighted by molar-refractivity contribution is -0.173. The number of rotatable bonds is 17. The van der Waals surface area contributed by atoms with Gasteiger partial charge in [0.2, 0.25) is 0 Å². The second-order valence-corrected chi connectivity index (χ2v) is 18.6. The van der Waals surface area contributed by atoms with Gasteiger partial charge in [-0.25, -0.2) is 4.79 Å². The Morgan fingerprint density at radius 2 is 1.22 bits per heavy atom. The van der Waals surface area contributed by atoms with Crippen LogP contribution in [0.15, 0.2) is 54.6 Å². The van der Waals surface area contributed by atoms with Gasteiger partial charge in [-0.2, -0.15) is 13.2 Å². The molecule has 1 unspecified atom stereocenters. The van der Waals surface area contributed by atoms with Crippen molar-refractivity contribution in [2.24, 2.45) is 10.8 Å². The van der Waals surface area contributed by atoms with Crippen molar-refractivity contribution in [2.75, 3.05) is 33.5 Å². The molecule has 0 saturated carbocycles. The molecule has 0 fully saturated rings. The number of halogens is 3. The predicted octanol–water partition coefficient (Wildman–Crippen LogP) is 8.67. The Bertz CT molecular complexity index is 2060. The van der Waals surface area contributed by atoms with Crippen LogP contribution in [-0.4, -0.2) is 63.5 Å². The topological polar surface area (TPSA) is 162 Å². The minimum atomic E-state index is -5.02. The molecule has 0 radical (unpaired) electrons. The van der Waals surface area contributed by atoms with Gasteiger partial charge >= 0.3 is 37.6 Å². The third-order valence-corrected chi connectivity index (χ3v) is 11.5. The summed E-state index contributed by atoms with van der Waals surface area (Å²) in [6.07, 6.45) is -1.88. The Morgan fingerprint density at radius 1 is 0.700 bits per heavy atom. The van der Waals surface area contributed by atoms with Crippen LogP contribution in [0.3, 0.4) is 0 Å². The van der Waals surface area contributed by atoms with E-state index < -0.39 is 54.0 Å². The molecule has 0 aromatic heterocycles. The van der Waals surface area contributed by atoms with Crippen molar-refractivity contribution < 1.29 is 69.6 Å². The Morgan fingerprint density at radius 3 is 1.72 bits per heavy atom. The van der Waals surface area contributed by atoms with Crippen LogP contribution in [0.25, 0.3) is 0 Å². The molecular weight excluding hydrogens is 810 g/mol. The summed E-state index contributed by atoms with van der Waals surface area (Å²) < 4.78 is 93.8. The number of nitrogens with one attached hydrogen (secondary N) is 1. The molecule has 13 nitrogen and oxygen atoms in total. The van der Waals surface area contributed by atoms with Crippen LogP contribution in [0.4, 0.5) is 13.2 Å². The van der Waals surface area contributed by atoms with Gasteiger partial charge in [0, 0.05) is 49.1 Å². The van der Waals surface area contributed by atoms with Crippen LogP contribution >= 0.6 is 7.60 Å². The molecule has 326 valence electrons. The largest absolute Gasteiger partial charge is 0.471 e. The fourth-order valence-corrected chi connectivity index (χ4v) is 7.93. The van der Waals surface area contributed by atoms with Gasteiger partial charge in [0.25, 0.3) is 0 Å². The lowest BCUT2D eigenvalue weighted by Gasteiger charge is -2.37. The summed E-state index contributed by atoms with van der Waals surface area (Å²) in [5, 5.41) is 1.87. The second-order valence-electron chi connectivity index (χ2n) is 16.5. The summed E-state index contributed by atoms with van der Waals surface area (Å²) in [4.78, 5) is 50.8. The average Bonchev–Trinajstić information content (AvgIpc) is 3.45. The summed E-state index contributed by atoms with van der Waals surface area (Å²) in [6.45, 7) is 10.4. The maximum absolute atomic E-state index is 14.8. The third-order valence-electron chi connectivity index (χ3n) is 9.57. The van der Waals surface area contributed by atoms with Gasteiger partial charge < -0.3 is 38.0 Å². The molecule has 1 spiro atoms. The van der Waals surface area contributed by atoms with E-state index in [2.05, 4.69) is 0 Å². The molecule has 0 bridgehead atoms. The van der Waals surface area contributed by atoms with Crippen molar-refractivity contribution >= 4 is 36.7 Å². The number of unbranched alkanes of at least 4 members (excludes halogenated alkanes) is 4. The molecule has 60 heavy (non-hydrogen) atoms. The van der Waals surface area contributed by atoms with E-state index in [1.165, 1.54) is 42.5 Å². The molecule has 17 heteroatoms. The van der Waals surface area contributed by atoms with Gasteiger partial charge in [-0.1, -0.05) is 12.8 Å². The van der Waals surface area contributed by atoms with Crippen molar-refractivity contribution in [3.8, 4) is 23.0 Å². The highest BCUT2D eigenvalue weighted by molar-refractivity contribution is 7.62. The first-order valence-electron chi connectivity index (χ1n) is 19.6. The van der Waals surface area contributed by atoms with E-state index in [0.29, 0.717) is 24.2 Å². The number of carbonyl (C=O) groups excluding carboxylic acids is 4. The summed E-state index contributed by atoms with van der Waals surface area (Å²) in [7, 11) is -2.59. The van der Waals surface area contributed by atoms with E-state index in [1.807, 2.05) is 0 Å². The SMILES string of the molecule is COCCCCCCOP(=O)(OCCCCNC(=O)C(F)(F)F)c1ccc2c(c1)C1(OC2=O)c2ccc(OC(=O)C(C)(C)C)cc2Oc2cc(OC(=O)C(C)(C)C)ccc21. The molecule has 1 amide bonds. The quantitative estimate of drug-likeness (QED) is 0.0596. The minimum Gasteiger partial charge on any atom is -0.456 e. The zero-order valence-corrected chi connectivity index (χ0v) is 35.6. The first kappa shape index (κ1) is 46.3. The molecule has 1 N–H and O–H groups in total. The van der Waals surface area contributed by atoms with Crippen LogP contribution in [0.2, 0.25) is 0 Å². The molecule has 2 aliphatic heterocycles. The van der Waals surface area contributed by atoms with Crippen LogP contribution < -0.4 is 24.8 Å². The number of hydrogen-bond acceptors (Lipinski definition) is 12. The molecule has 2 heterocycles. The predicted molar refractivity (Wildman–Crippen MR) is 213 cm³/mol. The molecule has 3 aromatic rings. The molecule has 3 aromatic carbocycles. The van der Waals surface area contributed by atoms with Crippen LogP contribution in [0, 0.1) is 10.8 Å². The van der Waals surface area contributed by atoms with Gasteiger partial charge in [0.1, 0.15) is 23.0 Å². The fourth-order valence-electron chi connectivity index (χ4n) is 6.27. The number of ether oxygens (including phenoxy) is 5. The number of methoxy groups -OCH3 is 1. The number of fused-ring (bicyclic) bond motifs is 6. The van der Waals surface area contributed by atoms with Gasteiger partial charge in [-0.15, -0.1) is 0 Å². The minimum absolute atomic E-state index is 0.0369. The van der Waals surface area contributed by atoms with E-state index in [0.717, 1.165) is 19.3 Å². The number of alkyl halides is 3.